The molecule has 0 spiro atoms. The van der Waals surface area contributed by atoms with E-state index in [4.69, 9.17) is 16.3 Å². The molecule has 2 rings (SSSR count). The minimum Gasteiger partial charge on any atom is -0.489 e. The maximum atomic E-state index is 11.4. The van der Waals surface area contributed by atoms with Crippen molar-refractivity contribution in [3.05, 3.63) is 28.8 Å². The summed E-state index contributed by atoms with van der Waals surface area (Å²) in [4.78, 5) is 0. The Morgan fingerprint density at radius 3 is 2.89 bits per heavy atom. The molecule has 0 bridgehead atoms. The molecule has 1 atom stereocenters. The second-order valence-electron chi connectivity index (χ2n) is 4.64. The summed E-state index contributed by atoms with van der Waals surface area (Å²) in [5, 5.41) is 3.84. The van der Waals surface area contributed by atoms with E-state index in [1.807, 2.05) is 25.1 Å². The average Bonchev–Trinajstić information content (AvgIpc) is 2.68. The van der Waals surface area contributed by atoms with Gasteiger partial charge in [0.25, 0.3) is 0 Å². The molecule has 106 valence electrons. The Balaban J connectivity index is 2.13. The summed E-state index contributed by atoms with van der Waals surface area (Å²) in [5.74, 6) is 0.983. The van der Waals surface area contributed by atoms with E-state index in [1.165, 1.54) is 0 Å². The minimum absolute atomic E-state index is 0.0974. The summed E-state index contributed by atoms with van der Waals surface area (Å²) in [6, 6.07) is 5.46. The van der Waals surface area contributed by atoms with Crippen LogP contribution in [0, 0.1) is 0 Å². The van der Waals surface area contributed by atoms with E-state index in [0.717, 1.165) is 12.1 Å². The summed E-state index contributed by atoms with van der Waals surface area (Å²) in [5.41, 5.74) is 0.885. The fourth-order valence-electron chi connectivity index (χ4n) is 2.10. The second kappa shape index (κ2) is 6.11. The number of halogens is 1. The molecule has 1 saturated heterocycles. The zero-order valence-corrected chi connectivity index (χ0v) is 12.4. The zero-order chi connectivity index (χ0) is 13.9. The predicted molar refractivity (Wildman–Crippen MR) is 76.5 cm³/mol. The van der Waals surface area contributed by atoms with Crippen LogP contribution in [0.4, 0.5) is 0 Å². The smallest absolute Gasteiger partial charge is 0.154 e. The summed E-state index contributed by atoms with van der Waals surface area (Å²) in [7, 11) is -2.93. The highest BCUT2D eigenvalue weighted by molar-refractivity contribution is 7.91. The van der Waals surface area contributed by atoms with E-state index < -0.39 is 9.84 Å². The van der Waals surface area contributed by atoms with Crippen LogP contribution in [0.25, 0.3) is 0 Å². The molecule has 4 nitrogen and oxygen atoms in total. The molecule has 1 aliphatic rings. The molecule has 19 heavy (non-hydrogen) atoms. The number of hydrogen-bond acceptors (Lipinski definition) is 4. The molecular formula is C13H18ClNO3S. The lowest BCUT2D eigenvalue weighted by molar-refractivity contribution is 0.226. The van der Waals surface area contributed by atoms with Crippen LogP contribution in [0.2, 0.25) is 5.02 Å². The van der Waals surface area contributed by atoms with Gasteiger partial charge in [-0.2, -0.15) is 0 Å². The van der Waals surface area contributed by atoms with Gasteiger partial charge in [0.05, 0.1) is 11.5 Å². The molecule has 0 amide bonds. The molecule has 1 N–H and O–H groups in total. The maximum Gasteiger partial charge on any atom is 0.154 e. The molecule has 1 aromatic rings. The number of hydrogen-bond donors (Lipinski definition) is 1. The van der Waals surface area contributed by atoms with Gasteiger partial charge in [-0.1, -0.05) is 24.6 Å². The van der Waals surface area contributed by atoms with Crippen molar-refractivity contribution in [1.29, 1.82) is 0 Å². The van der Waals surface area contributed by atoms with Gasteiger partial charge in [-0.05, 0) is 25.1 Å². The summed E-state index contributed by atoms with van der Waals surface area (Å²) < 4.78 is 28.7. The molecule has 0 radical (unpaired) electrons. The first-order valence-corrected chi connectivity index (χ1v) is 8.57. The molecular weight excluding hydrogens is 286 g/mol. The highest BCUT2D eigenvalue weighted by Gasteiger charge is 2.29. The first-order chi connectivity index (χ1) is 9.02. The number of sulfone groups is 1. The number of nitrogens with one attached hydrogen (secondary N) is 1. The molecule has 1 aromatic carbocycles. The van der Waals surface area contributed by atoms with Gasteiger partial charge in [0, 0.05) is 17.1 Å². The Morgan fingerprint density at radius 1 is 1.47 bits per heavy atom. The third kappa shape index (κ3) is 3.84. The van der Waals surface area contributed by atoms with Gasteiger partial charge in [-0.25, -0.2) is 8.42 Å². The Kier molecular flexibility index (Phi) is 4.71. The van der Waals surface area contributed by atoms with Gasteiger partial charge in [-0.15, -0.1) is 0 Å². The largest absolute Gasteiger partial charge is 0.489 e. The van der Waals surface area contributed by atoms with Crippen molar-refractivity contribution in [3.63, 3.8) is 0 Å². The quantitative estimate of drug-likeness (QED) is 0.904. The van der Waals surface area contributed by atoms with Crippen LogP contribution in [0.3, 0.4) is 0 Å². The van der Waals surface area contributed by atoms with Gasteiger partial charge >= 0.3 is 0 Å². The fraction of sp³-hybridized carbons (Fsp3) is 0.538. The molecule has 1 aliphatic heterocycles. The zero-order valence-electron chi connectivity index (χ0n) is 10.9. The normalized spacial score (nSPS) is 21.5. The van der Waals surface area contributed by atoms with Crippen LogP contribution in [0.1, 0.15) is 18.9 Å². The first-order valence-electron chi connectivity index (χ1n) is 6.37. The van der Waals surface area contributed by atoms with Gasteiger partial charge in [0.2, 0.25) is 0 Å². The van der Waals surface area contributed by atoms with Gasteiger partial charge in [-0.3, -0.25) is 0 Å². The summed E-state index contributed by atoms with van der Waals surface area (Å²) in [6.07, 6.45) is 0.291. The van der Waals surface area contributed by atoms with Crippen molar-refractivity contribution in [3.8, 4) is 5.75 Å². The van der Waals surface area contributed by atoms with Crippen molar-refractivity contribution in [2.75, 3.05) is 18.1 Å². The molecule has 0 aromatic heterocycles. The van der Waals surface area contributed by atoms with Gasteiger partial charge < -0.3 is 10.1 Å². The van der Waals surface area contributed by atoms with E-state index >= 15 is 0 Å². The third-order valence-electron chi connectivity index (χ3n) is 3.11. The van der Waals surface area contributed by atoms with Crippen LogP contribution < -0.4 is 10.1 Å². The third-order valence-corrected chi connectivity index (χ3v) is 5.20. The standard InChI is InChI=1S/C13H18ClNO3S/c1-2-15-8-11-12(14)4-3-5-13(11)18-10-6-7-19(16,17)9-10/h3-5,10,15H,2,6-9H2,1H3. The lowest BCUT2D eigenvalue weighted by Gasteiger charge is -2.17. The van der Waals surface area contributed by atoms with Crippen LogP contribution in [0.5, 0.6) is 5.75 Å². The SMILES string of the molecule is CCNCc1c(Cl)cccc1OC1CCS(=O)(=O)C1. The molecule has 0 aliphatic carbocycles. The Bertz CT molecular complexity index is 545. The fourth-order valence-corrected chi connectivity index (χ4v) is 3.93. The average molecular weight is 304 g/mol. The number of benzene rings is 1. The summed E-state index contributed by atoms with van der Waals surface area (Å²) >= 11 is 6.17. The maximum absolute atomic E-state index is 11.4. The van der Waals surface area contributed by atoms with E-state index in [9.17, 15) is 8.42 Å². The Hall–Kier alpha value is -0.780. The van der Waals surface area contributed by atoms with Crippen LogP contribution in [-0.4, -0.2) is 32.6 Å². The molecule has 0 saturated carbocycles. The van der Waals surface area contributed by atoms with Crippen LogP contribution in [-0.2, 0) is 16.4 Å². The first kappa shape index (κ1) is 14.6. The minimum atomic E-state index is -2.93. The van der Waals surface area contributed by atoms with Crippen molar-refractivity contribution >= 4 is 21.4 Å². The number of rotatable bonds is 5. The van der Waals surface area contributed by atoms with Crippen LogP contribution in [0.15, 0.2) is 18.2 Å². The number of ether oxygens (including phenoxy) is 1. The topological polar surface area (TPSA) is 55.4 Å². The monoisotopic (exact) mass is 303 g/mol. The lowest BCUT2D eigenvalue weighted by atomic mass is 10.2. The van der Waals surface area contributed by atoms with E-state index in [1.54, 1.807) is 0 Å². The van der Waals surface area contributed by atoms with Gasteiger partial charge in [0.1, 0.15) is 11.9 Å². The second-order valence-corrected chi connectivity index (χ2v) is 7.28. The van der Waals surface area contributed by atoms with E-state index in [2.05, 4.69) is 5.32 Å². The molecule has 1 unspecified atom stereocenters. The highest BCUT2D eigenvalue weighted by atomic mass is 35.5. The highest BCUT2D eigenvalue weighted by Crippen LogP contribution is 2.29. The van der Waals surface area contributed by atoms with Crippen molar-refractivity contribution in [2.24, 2.45) is 0 Å². The van der Waals surface area contributed by atoms with Crippen molar-refractivity contribution in [2.45, 2.75) is 26.0 Å². The molecule has 1 fully saturated rings. The molecule has 1 heterocycles. The Labute approximate surface area is 119 Å². The lowest BCUT2D eigenvalue weighted by Crippen LogP contribution is -2.20. The van der Waals surface area contributed by atoms with Gasteiger partial charge in [0.15, 0.2) is 9.84 Å². The summed E-state index contributed by atoms with van der Waals surface area (Å²) in [6.45, 7) is 3.47. The van der Waals surface area contributed by atoms with Crippen molar-refractivity contribution < 1.29 is 13.2 Å². The van der Waals surface area contributed by atoms with E-state index in [-0.39, 0.29) is 17.6 Å². The van der Waals surface area contributed by atoms with Crippen LogP contribution >= 0.6 is 11.6 Å². The molecule has 6 heteroatoms. The van der Waals surface area contributed by atoms with Crippen molar-refractivity contribution in [1.82, 2.24) is 5.32 Å². The predicted octanol–water partition coefficient (Wildman–Crippen LogP) is 2.02. The Morgan fingerprint density at radius 2 is 2.26 bits per heavy atom. The van der Waals surface area contributed by atoms with E-state index in [0.29, 0.717) is 23.7 Å².